The number of benzene rings is 1. The number of nitrogens with zero attached hydrogens (tertiary/aromatic N) is 3. The van der Waals surface area contributed by atoms with Gasteiger partial charge in [-0.25, -0.2) is 4.98 Å². The van der Waals surface area contributed by atoms with Gasteiger partial charge in [0.1, 0.15) is 12.0 Å². The van der Waals surface area contributed by atoms with E-state index in [1.807, 2.05) is 0 Å². The van der Waals surface area contributed by atoms with Gasteiger partial charge in [-0.15, -0.1) is 10.2 Å². The van der Waals surface area contributed by atoms with Gasteiger partial charge in [0, 0.05) is 5.56 Å². The Morgan fingerprint density at radius 3 is 2.50 bits per heavy atom. The van der Waals surface area contributed by atoms with Gasteiger partial charge in [0.15, 0.2) is 5.82 Å². The maximum Gasteiger partial charge on any atom is 0.153 e. The van der Waals surface area contributed by atoms with Gasteiger partial charge in [0.25, 0.3) is 0 Å². The summed E-state index contributed by atoms with van der Waals surface area (Å²) in [6.45, 7) is 0. The SMILES string of the molecule is Nc1ncnnc1-c1ccc(Cl)c(Cl)c1Cl. The van der Waals surface area contributed by atoms with Crippen molar-refractivity contribution in [1.29, 1.82) is 0 Å². The van der Waals surface area contributed by atoms with Gasteiger partial charge in [-0.1, -0.05) is 34.8 Å². The third-order valence-corrected chi connectivity index (χ3v) is 3.23. The summed E-state index contributed by atoms with van der Waals surface area (Å²) in [6.07, 6.45) is 1.25. The van der Waals surface area contributed by atoms with Gasteiger partial charge in [0.2, 0.25) is 0 Å². The first-order valence-electron chi connectivity index (χ1n) is 4.18. The molecule has 1 aromatic heterocycles. The maximum absolute atomic E-state index is 6.04. The molecule has 2 aromatic rings. The summed E-state index contributed by atoms with van der Waals surface area (Å²) in [5.74, 6) is 0.232. The Balaban J connectivity index is 2.66. The number of halogens is 3. The van der Waals surface area contributed by atoms with Crippen LogP contribution in [-0.4, -0.2) is 15.2 Å². The molecule has 0 unspecified atom stereocenters. The lowest BCUT2D eigenvalue weighted by molar-refractivity contribution is 0.983. The second-order valence-electron chi connectivity index (χ2n) is 2.92. The normalized spacial score (nSPS) is 10.4. The summed E-state index contributed by atoms with van der Waals surface area (Å²) in [6, 6.07) is 3.28. The summed E-state index contributed by atoms with van der Waals surface area (Å²) in [5, 5.41) is 8.40. The average Bonchev–Trinajstić information content (AvgIpc) is 2.28. The number of hydrogen-bond acceptors (Lipinski definition) is 4. The van der Waals surface area contributed by atoms with Crippen molar-refractivity contribution in [3.8, 4) is 11.3 Å². The topological polar surface area (TPSA) is 64.7 Å². The molecule has 0 atom stereocenters. The van der Waals surface area contributed by atoms with Crippen molar-refractivity contribution in [2.45, 2.75) is 0 Å². The zero-order chi connectivity index (χ0) is 11.7. The number of nitrogen functional groups attached to an aromatic ring is 1. The highest BCUT2D eigenvalue weighted by atomic mass is 35.5. The van der Waals surface area contributed by atoms with E-state index in [4.69, 9.17) is 40.5 Å². The molecule has 0 fully saturated rings. The standard InChI is InChI=1S/C9H5Cl3N4/c10-5-2-1-4(6(11)7(5)12)8-9(13)14-3-15-16-8/h1-3H,(H2,13,14,15). The van der Waals surface area contributed by atoms with Crippen LogP contribution in [0.5, 0.6) is 0 Å². The van der Waals surface area contributed by atoms with E-state index in [1.54, 1.807) is 12.1 Å². The molecule has 0 radical (unpaired) electrons. The van der Waals surface area contributed by atoms with Crippen LogP contribution in [-0.2, 0) is 0 Å². The summed E-state index contributed by atoms with van der Waals surface area (Å²) < 4.78 is 0. The van der Waals surface area contributed by atoms with Crippen molar-refractivity contribution in [1.82, 2.24) is 15.2 Å². The van der Waals surface area contributed by atoms with Crippen molar-refractivity contribution in [2.24, 2.45) is 0 Å². The minimum absolute atomic E-state index is 0.232. The Morgan fingerprint density at radius 2 is 1.81 bits per heavy atom. The Hall–Kier alpha value is -1.10. The second kappa shape index (κ2) is 4.41. The van der Waals surface area contributed by atoms with Crippen LogP contribution in [0, 0.1) is 0 Å². The molecule has 4 nitrogen and oxygen atoms in total. The molecule has 0 bridgehead atoms. The van der Waals surface area contributed by atoms with Crippen molar-refractivity contribution in [3.05, 3.63) is 33.5 Å². The summed E-state index contributed by atoms with van der Waals surface area (Å²) in [4.78, 5) is 3.82. The molecule has 0 aliphatic rings. The van der Waals surface area contributed by atoms with E-state index in [-0.39, 0.29) is 15.9 Å². The van der Waals surface area contributed by atoms with Crippen LogP contribution in [0.1, 0.15) is 0 Å². The fourth-order valence-electron chi connectivity index (χ4n) is 1.18. The molecular weight excluding hydrogens is 270 g/mol. The molecule has 2 rings (SSSR count). The van der Waals surface area contributed by atoms with E-state index in [0.717, 1.165) is 0 Å². The van der Waals surface area contributed by atoms with Crippen molar-refractivity contribution < 1.29 is 0 Å². The van der Waals surface area contributed by atoms with Gasteiger partial charge in [-0.05, 0) is 12.1 Å². The summed E-state index contributed by atoms with van der Waals surface area (Å²) in [5.41, 5.74) is 6.59. The highest BCUT2D eigenvalue weighted by molar-refractivity contribution is 6.49. The predicted octanol–water partition coefficient (Wildman–Crippen LogP) is 3.08. The van der Waals surface area contributed by atoms with E-state index in [1.165, 1.54) is 6.33 Å². The Bertz CT molecular complexity index is 544. The first kappa shape index (κ1) is 11.4. The van der Waals surface area contributed by atoms with Crippen molar-refractivity contribution in [3.63, 3.8) is 0 Å². The van der Waals surface area contributed by atoms with Gasteiger partial charge in [-0.3, -0.25) is 0 Å². The Morgan fingerprint density at radius 1 is 1.06 bits per heavy atom. The molecule has 1 heterocycles. The van der Waals surface area contributed by atoms with Crippen molar-refractivity contribution in [2.75, 3.05) is 5.73 Å². The minimum atomic E-state index is 0.232. The molecule has 0 amide bonds. The summed E-state index contributed by atoms with van der Waals surface area (Å²) in [7, 11) is 0. The zero-order valence-electron chi connectivity index (χ0n) is 7.78. The van der Waals surface area contributed by atoms with Gasteiger partial charge >= 0.3 is 0 Å². The first-order chi connectivity index (χ1) is 7.61. The lowest BCUT2D eigenvalue weighted by Crippen LogP contribution is -1.99. The van der Waals surface area contributed by atoms with Crippen LogP contribution in [0.2, 0.25) is 15.1 Å². The molecule has 7 heteroatoms. The minimum Gasteiger partial charge on any atom is -0.382 e. The second-order valence-corrected chi connectivity index (χ2v) is 4.08. The molecule has 0 aliphatic heterocycles. The fourth-order valence-corrected chi connectivity index (χ4v) is 1.81. The number of aromatic nitrogens is 3. The summed E-state index contributed by atoms with van der Waals surface area (Å²) >= 11 is 17.8. The van der Waals surface area contributed by atoms with E-state index in [0.29, 0.717) is 16.3 Å². The van der Waals surface area contributed by atoms with Crippen LogP contribution in [0.4, 0.5) is 5.82 Å². The highest BCUT2D eigenvalue weighted by Crippen LogP contribution is 2.38. The molecule has 0 spiro atoms. The molecule has 1 aromatic carbocycles. The number of nitrogens with two attached hydrogens (primary N) is 1. The largest absolute Gasteiger partial charge is 0.382 e. The number of rotatable bonds is 1. The fraction of sp³-hybridized carbons (Fsp3) is 0. The number of anilines is 1. The molecular formula is C9H5Cl3N4. The van der Waals surface area contributed by atoms with Gasteiger partial charge in [0.05, 0.1) is 15.1 Å². The van der Waals surface area contributed by atoms with Crippen molar-refractivity contribution >= 4 is 40.6 Å². The Kier molecular flexibility index (Phi) is 3.14. The average molecular weight is 276 g/mol. The third kappa shape index (κ3) is 1.91. The highest BCUT2D eigenvalue weighted by Gasteiger charge is 2.14. The van der Waals surface area contributed by atoms with E-state index >= 15 is 0 Å². The lowest BCUT2D eigenvalue weighted by atomic mass is 10.1. The third-order valence-electron chi connectivity index (χ3n) is 1.94. The Labute approximate surface area is 106 Å². The molecule has 2 N–H and O–H groups in total. The smallest absolute Gasteiger partial charge is 0.153 e. The predicted molar refractivity (Wildman–Crippen MR) is 64.7 cm³/mol. The molecule has 16 heavy (non-hydrogen) atoms. The van der Waals surface area contributed by atoms with Crippen LogP contribution in [0.3, 0.4) is 0 Å². The van der Waals surface area contributed by atoms with E-state index < -0.39 is 0 Å². The van der Waals surface area contributed by atoms with Gasteiger partial charge in [-0.2, -0.15) is 0 Å². The van der Waals surface area contributed by atoms with Crippen LogP contribution < -0.4 is 5.73 Å². The molecule has 82 valence electrons. The monoisotopic (exact) mass is 274 g/mol. The number of hydrogen-bond donors (Lipinski definition) is 1. The molecule has 0 saturated heterocycles. The van der Waals surface area contributed by atoms with E-state index in [9.17, 15) is 0 Å². The van der Waals surface area contributed by atoms with Gasteiger partial charge < -0.3 is 5.73 Å². The lowest BCUT2D eigenvalue weighted by Gasteiger charge is -2.07. The molecule has 0 saturated carbocycles. The zero-order valence-corrected chi connectivity index (χ0v) is 10.1. The van der Waals surface area contributed by atoms with E-state index in [2.05, 4.69) is 15.2 Å². The first-order valence-corrected chi connectivity index (χ1v) is 5.31. The molecule has 0 aliphatic carbocycles. The van der Waals surface area contributed by atoms with Crippen LogP contribution in [0.15, 0.2) is 18.5 Å². The maximum atomic E-state index is 6.04. The van der Waals surface area contributed by atoms with Crippen LogP contribution in [0.25, 0.3) is 11.3 Å². The van der Waals surface area contributed by atoms with Crippen LogP contribution >= 0.6 is 34.8 Å². The quantitative estimate of drug-likeness (QED) is 0.812.